The fraction of sp³-hybridized carbons (Fsp3) is 0.261. The van der Waals surface area contributed by atoms with Gasteiger partial charge < -0.3 is 20.5 Å². The van der Waals surface area contributed by atoms with Gasteiger partial charge in [0.1, 0.15) is 11.5 Å². The summed E-state index contributed by atoms with van der Waals surface area (Å²) >= 11 is 5.64. The van der Waals surface area contributed by atoms with Crippen LogP contribution in [0.15, 0.2) is 48.7 Å². The quantitative estimate of drug-likeness (QED) is 0.421. The van der Waals surface area contributed by atoms with Gasteiger partial charge in [-0.15, -0.1) is 0 Å². The van der Waals surface area contributed by atoms with E-state index in [1.54, 1.807) is 7.05 Å². The summed E-state index contributed by atoms with van der Waals surface area (Å²) in [5.41, 5.74) is 4.09. The number of rotatable bonds is 5. The molecule has 3 aromatic rings. The molecule has 152 valence electrons. The summed E-state index contributed by atoms with van der Waals surface area (Å²) in [4.78, 5) is 5.12. The highest BCUT2D eigenvalue weighted by molar-refractivity contribution is 7.80. The zero-order valence-corrected chi connectivity index (χ0v) is 18.0. The SMILES string of the molecule is CCC=C(c1cc(C(C)C)c(O)cc1O)N(C(=S)NC)c1ccc2[nH]ccc2c1. The lowest BCUT2D eigenvalue weighted by molar-refractivity contribution is 0.443. The largest absolute Gasteiger partial charge is 0.508 e. The van der Waals surface area contributed by atoms with Gasteiger partial charge in [0, 0.05) is 41.5 Å². The molecule has 0 saturated carbocycles. The van der Waals surface area contributed by atoms with Crippen LogP contribution in [0.5, 0.6) is 11.5 Å². The summed E-state index contributed by atoms with van der Waals surface area (Å²) in [7, 11) is 1.78. The van der Waals surface area contributed by atoms with E-state index in [1.807, 2.05) is 62.2 Å². The third-order valence-electron chi connectivity index (χ3n) is 4.89. The third-order valence-corrected chi connectivity index (χ3v) is 5.28. The van der Waals surface area contributed by atoms with Crippen molar-refractivity contribution < 1.29 is 10.2 Å². The van der Waals surface area contributed by atoms with Crippen LogP contribution < -0.4 is 10.2 Å². The number of H-pyrrole nitrogens is 1. The van der Waals surface area contributed by atoms with Crippen molar-refractivity contribution in [2.75, 3.05) is 11.9 Å². The summed E-state index contributed by atoms with van der Waals surface area (Å²) in [6, 6.07) is 11.3. The molecule has 4 N–H and O–H groups in total. The Kier molecular flexibility index (Phi) is 6.13. The van der Waals surface area contributed by atoms with Gasteiger partial charge in [-0.3, -0.25) is 4.90 Å². The number of fused-ring (bicyclic) bond motifs is 1. The van der Waals surface area contributed by atoms with Gasteiger partial charge in [0.05, 0.1) is 5.70 Å². The highest BCUT2D eigenvalue weighted by Crippen LogP contribution is 2.39. The van der Waals surface area contributed by atoms with Crippen LogP contribution in [0.4, 0.5) is 5.69 Å². The molecule has 2 aromatic carbocycles. The highest BCUT2D eigenvalue weighted by Gasteiger charge is 2.22. The maximum atomic E-state index is 10.7. The first-order chi connectivity index (χ1) is 13.9. The summed E-state index contributed by atoms with van der Waals surface area (Å²) in [6.45, 7) is 6.06. The van der Waals surface area contributed by atoms with E-state index in [4.69, 9.17) is 12.2 Å². The van der Waals surface area contributed by atoms with Gasteiger partial charge >= 0.3 is 0 Å². The van der Waals surface area contributed by atoms with Crippen LogP contribution in [0.25, 0.3) is 16.6 Å². The number of nitrogens with one attached hydrogen (secondary N) is 2. The van der Waals surface area contributed by atoms with Crippen LogP contribution in [0.1, 0.15) is 44.2 Å². The van der Waals surface area contributed by atoms with E-state index >= 15 is 0 Å². The van der Waals surface area contributed by atoms with E-state index in [-0.39, 0.29) is 17.4 Å². The highest BCUT2D eigenvalue weighted by atomic mass is 32.1. The number of anilines is 1. The van der Waals surface area contributed by atoms with Gasteiger partial charge in [0.25, 0.3) is 0 Å². The van der Waals surface area contributed by atoms with Crippen LogP contribution in [0, 0.1) is 0 Å². The number of aromatic amines is 1. The molecule has 0 atom stereocenters. The minimum atomic E-state index is 0.0122. The molecule has 3 rings (SSSR count). The fourth-order valence-corrected chi connectivity index (χ4v) is 3.64. The summed E-state index contributed by atoms with van der Waals surface area (Å²) in [5.74, 6) is 0.213. The molecule has 0 amide bonds. The summed E-state index contributed by atoms with van der Waals surface area (Å²) in [5, 5.41) is 25.6. The second-order valence-corrected chi connectivity index (χ2v) is 7.61. The van der Waals surface area contributed by atoms with Crippen molar-refractivity contribution in [1.82, 2.24) is 10.3 Å². The normalized spacial score (nSPS) is 11.8. The number of allylic oxidation sites excluding steroid dienone is 1. The Morgan fingerprint density at radius 3 is 2.59 bits per heavy atom. The lowest BCUT2D eigenvalue weighted by Crippen LogP contribution is -2.36. The van der Waals surface area contributed by atoms with Crippen molar-refractivity contribution in [2.24, 2.45) is 0 Å². The van der Waals surface area contributed by atoms with Crippen LogP contribution in [-0.2, 0) is 0 Å². The molecule has 0 fully saturated rings. The summed E-state index contributed by atoms with van der Waals surface area (Å²) in [6.07, 6.45) is 4.68. The lowest BCUT2D eigenvalue weighted by atomic mass is 9.96. The minimum absolute atomic E-state index is 0.0122. The Morgan fingerprint density at radius 2 is 1.93 bits per heavy atom. The molecule has 0 unspecified atom stereocenters. The van der Waals surface area contributed by atoms with Crippen LogP contribution >= 0.6 is 12.2 Å². The first kappa shape index (κ1) is 20.7. The molecule has 0 spiro atoms. The number of aromatic nitrogens is 1. The van der Waals surface area contributed by atoms with Gasteiger partial charge in [0.2, 0.25) is 0 Å². The average Bonchev–Trinajstić information content (AvgIpc) is 3.15. The molecule has 29 heavy (non-hydrogen) atoms. The predicted molar refractivity (Wildman–Crippen MR) is 125 cm³/mol. The van der Waals surface area contributed by atoms with E-state index in [1.165, 1.54) is 6.07 Å². The number of phenolic OH excluding ortho intramolecular Hbond substituents is 2. The molecular formula is C23H27N3O2S. The van der Waals surface area contributed by atoms with E-state index in [9.17, 15) is 10.2 Å². The van der Waals surface area contributed by atoms with Gasteiger partial charge in [-0.05, 0) is 60.5 Å². The number of hydrogen-bond donors (Lipinski definition) is 4. The predicted octanol–water partition coefficient (Wildman–Crippen LogP) is 5.46. The maximum Gasteiger partial charge on any atom is 0.177 e. The van der Waals surface area contributed by atoms with E-state index in [2.05, 4.69) is 16.4 Å². The molecule has 0 aliphatic carbocycles. The lowest BCUT2D eigenvalue weighted by Gasteiger charge is -2.29. The van der Waals surface area contributed by atoms with Crippen molar-refractivity contribution in [1.29, 1.82) is 0 Å². The molecule has 0 bridgehead atoms. The van der Waals surface area contributed by atoms with Crippen LogP contribution in [0.2, 0.25) is 0 Å². The topological polar surface area (TPSA) is 71.5 Å². The Balaban J connectivity index is 2.22. The van der Waals surface area contributed by atoms with Gasteiger partial charge in [-0.2, -0.15) is 0 Å². The maximum absolute atomic E-state index is 10.7. The molecule has 0 saturated heterocycles. The Hall–Kier alpha value is -2.99. The van der Waals surface area contributed by atoms with Crippen molar-refractivity contribution in [3.05, 3.63) is 59.8 Å². The second-order valence-electron chi connectivity index (χ2n) is 7.22. The monoisotopic (exact) mass is 409 g/mol. The van der Waals surface area contributed by atoms with Crippen molar-refractivity contribution in [3.8, 4) is 11.5 Å². The number of phenols is 2. The molecule has 5 nitrogen and oxygen atoms in total. The number of aromatic hydroxyl groups is 2. The number of thiocarbonyl (C=S) groups is 1. The van der Waals surface area contributed by atoms with Gasteiger partial charge in [-0.1, -0.05) is 26.8 Å². The molecule has 0 radical (unpaired) electrons. The van der Waals surface area contributed by atoms with Gasteiger partial charge in [0.15, 0.2) is 5.11 Å². The Morgan fingerprint density at radius 1 is 1.17 bits per heavy atom. The average molecular weight is 410 g/mol. The Labute approximate surface area is 176 Å². The van der Waals surface area contributed by atoms with E-state index < -0.39 is 0 Å². The molecule has 6 heteroatoms. The summed E-state index contributed by atoms with van der Waals surface area (Å²) < 4.78 is 0. The van der Waals surface area contributed by atoms with E-state index in [0.717, 1.165) is 34.3 Å². The number of hydrogen-bond acceptors (Lipinski definition) is 3. The van der Waals surface area contributed by atoms with Crippen LogP contribution in [-0.4, -0.2) is 27.4 Å². The molecule has 0 aliphatic rings. The number of nitrogens with zero attached hydrogens (tertiary/aromatic N) is 1. The van der Waals surface area contributed by atoms with Gasteiger partial charge in [-0.25, -0.2) is 0 Å². The second kappa shape index (κ2) is 8.57. The van der Waals surface area contributed by atoms with Crippen LogP contribution in [0.3, 0.4) is 0 Å². The zero-order chi connectivity index (χ0) is 21.1. The minimum Gasteiger partial charge on any atom is -0.508 e. The Bertz CT molecular complexity index is 1070. The van der Waals surface area contributed by atoms with Crippen molar-refractivity contribution in [3.63, 3.8) is 0 Å². The first-order valence-corrected chi connectivity index (χ1v) is 10.1. The smallest absolute Gasteiger partial charge is 0.177 e. The van der Waals surface area contributed by atoms with Crippen molar-refractivity contribution >= 4 is 39.6 Å². The molecule has 1 aromatic heterocycles. The fourth-order valence-electron chi connectivity index (χ4n) is 3.43. The zero-order valence-electron chi connectivity index (χ0n) is 17.2. The number of benzene rings is 2. The first-order valence-electron chi connectivity index (χ1n) is 9.72. The van der Waals surface area contributed by atoms with Crippen molar-refractivity contribution in [2.45, 2.75) is 33.1 Å². The molecule has 1 heterocycles. The van der Waals surface area contributed by atoms with E-state index in [0.29, 0.717) is 10.7 Å². The third kappa shape index (κ3) is 4.07. The standard InChI is InChI=1S/C23H27N3O2S/c1-5-6-20(18-12-17(14(2)3)21(27)13-22(18)28)26(23(29)24-4)16-7-8-19-15(11-16)9-10-25-19/h6-14,25,27-28H,5H2,1-4H3,(H,24,29). The molecule has 0 aliphatic heterocycles. The molecular weight excluding hydrogens is 382 g/mol.